The Bertz CT molecular complexity index is 933. The summed E-state index contributed by atoms with van der Waals surface area (Å²) in [6, 6.07) is 9.76. The van der Waals surface area contributed by atoms with Gasteiger partial charge in [0.25, 0.3) is 0 Å². The fraction of sp³-hybridized carbons (Fsp3) is 0.421. The van der Waals surface area contributed by atoms with E-state index in [9.17, 15) is 13.2 Å². The minimum absolute atomic E-state index is 0.227. The second-order valence-electron chi connectivity index (χ2n) is 7.65. The molecule has 5 nitrogen and oxygen atoms in total. The van der Waals surface area contributed by atoms with Crippen LogP contribution in [-0.4, -0.2) is 32.7 Å². The Labute approximate surface area is 149 Å². The highest BCUT2D eigenvalue weighted by atomic mass is 32.2. The van der Waals surface area contributed by atoms with E-state index in [1.165, 1.54) is 15.4 Å². The van der Waals surface area contributed by atoms with Crippen molar-refractivity contribution >= 4 is 32.4 Å². The van der Waals surface area contributed by atoms with Gasteiger partial charge in [-0.15, -0.1) is 0 Å². The Morgan fingerprint density at radius 1 is 1.12 bits per heavy atom. The molecule has 2 aromatic rings. The second kappa shape index (κ2) is 6.02. The molecule has 0 saturated heterocycles. The molecule has 0 saturated carbocycles. The van der Waals surface area contributed by atoms with Crippen LogP contribution in [0.4, 0.5) is 5.69 Å². The third kappa shape index (κ3) is 3.63. The van der Waals surface area contributed by atoms with Crippen LogP contribution in [0, 0.1) is 0 Å². The third-order valence-electron chi connectivity index (χ3n) is 4.32. The topological polar surface area (TPSA) is 66.5 Å². The van der Waals surface area contributed by atoms with Crippen LogP contribution in [0.15, 0.2) is 30.3 Å². The molecule has 0 bridgehead atoms. The molecule has 0 spiro atoms. The molecule has 1 amide bonds. The molecule has 0 atom stereocenters. The number of carbonyl (C=O) groups excluding carboxylic acids is 1. The molecule has 1 aliphatic rings. The molecule has 1 aliphatic carbocycles. The van der Waals surface area contributed by atoms with Gasteiger partial charge in [0.2, 0.25) is 15.9 Å². The molecular weight excluding hydrogens is 336 g/mol. The van der Waals surface area contributed by atoms with E-state index in [2.05, 4.69) is 11.4 Å². The Hall–Kier alpha value is -2.08. The van der Waals surface area contributed by atoms with Crippen molar-refractivity contribution in [1.82, 2.24) is 5.32 Å². The van der Waals surface area contributed by atoms with Crippen molar-refractivity contribution < 1.29 is 13.2 Å². The minimum atomic E-state index is -3.59. The standard InChI is InChI=1S/C19H24N2O3S/c1-19(2,3)20-17(22)12-21(25(4,23)24)16-11-10-14-9-8-13-6-5-7-15(16)18(13)14/h5-7,10-11H,8-9,12H2,1-4H3,(H,20,22). The lowest BCUT2D eigenvalue weighted by molar-refractivity contribution is -0.121. The summed E-state index contributed by atoms with van der Waals surface area (Å²) in [6.45, 7) is 5.38. The molecule has 1 N–H and O–H groups in total. The van der Waals surface area contributed by atoms with Gasteiger partial charge in [0, 0.05) is 10.9 Å². The summed E-state index contributed by atoms with van der Waals surface area (Å²) in [5, 5.41) is 4.85. The predicted octanol–water partition coefficient (Wildman–Crippen LogP) is 2.62. The number of sulfonamides is 1. The van der Waals surface area contributed by atoms with Crippen molar-refractivity contribution in [3.8, 4) is 0 Å². The Morgan fingerprint density at radius 2 is 1.76 bits per heavy atom. The lowest BCUT2D eigenvalue weighted by Crippen LogP contribution is -2.47. The lowest BCUT2D eigenvalue weighted by Gasteiger charge is -2.26. The Kier molecular flexibility index (Phi) is 4.27. The number of hydrogen-bond acceptors (Lipinski definition) is 3. The summed E-state index contributed by atoms with van der Waals surface area (Å²) >= 11 is 0. The molecule has 3 rings (SSSR count). The third-order valence-corrected chi connectivity index (χ3v) is 5.45. The van der Waals surface area contributed by atoms with Crippen molar-refractivity contribution in [3.63, 3.8) is 0 Å². The fourth-order valence-electron chi connectivity index (χ4n) is 3.42. The molecular formula is C19H24N2O3S. The summed E-state index contributed by atoms with van der Waals surface area (Å²) < 4.78 is 26.0. The van der Waals surface area contributed by atoms with E-state index in [1.807, 2.05) is 45.0 Å². The van der Waals surface area contributed by atoms with Gasteiger partial charge in [-0.25, -0.2) is 8.42 Å². The molecule has 0 heterocycles. The number of nitrogens with one attached hydrogen (secondary N) is 1. The quantitative estimate of drug-likeness (QED) is 0.911. The molecule has 2 aromatic carbocycles. The van der Waals surface area contributed by atoms with Crippen LogP contribution in [0.1, 0.15) is 31.9 Å². The van der Waals surface area contributed by atoms with Gasteiger partial charge in [-0.05, 0) is 56.2 Å². The van der Waals surface area contributed by atoms with Crippen LogP contribution in [0.2, 0.25) is 0 Å². The maximum absolute atomic E-state index is 12.4. The van der Waals surface area contributed by atoms with Crippen LogP contribution >= 0.6 is 0 Å². The smallest absolute Gasteiger partial charge is 0.241 e. The normalized spacial score (nSPS) is 13.9. The Balaban J connectivity index is 2.07. The van der Waals surface area contributed by atoms with E-state index >= 15 is 0 Å². The highest BCUT2D eigenvalue weighted by Gasteiger charge is 2.26. The number of anilines is 1. The number of rotatable bonds is 4. The number of nitrogens with zero attached hydrogens (tertiary/aromatic N) is 1. The van der Waals surface area contributed by atoms with Gasteiger partial charge in [-0.1, -0.05) is 24.3 Å². The van der Waals surface area contributed by atoms with Gasteiger partial charge in [-0.2, -0.15) is 0 Å². The zero-order valence-electron chi connectivity index (χ0n) is 15.1. The molecule has 0 radical (unpaired) electrons. The van der Waals surface area contributed by atoms with Gasteiger partial charge in [0.15, 0.2) is 0 Å². The molecule has 25 heavy (non-hydrogen) atoms. The molecule has 0 fully saturated rings. The SMILES string of the molecule is CC(C)(C)NC(=O)CN(c1ccc2c3c(cccc13)CC2)S(C)(=O)=O. The molecule has 0 aliphatic heterocycles. The first-order valence-corrected chi connectivity index (χ1v) is 10.2. The van der Waals surface area contributed by atoms with Crippen LogP contribution in [-0.2, 0) is 27.7 Å². The lowest BCUT2D eigenvalue weighted by atomic mass is 10.0. The predicted molar refractivity (Wildman–Crippen MR) is 101 cm³/mol. The van der Waals surface area contributed by atoms with E-state index in [4.69, 9.17) is 0 Å². The zero-order chi connectivity index (χ0) is 18.4. The van der Waals surface area contributed by atoms with Crippen molar-refractivity contribution in [2.45, 2.75) is 39.2 Å². The van der Waals surface area contributed by atoms with E-state index in [1.54, 1.807) is 0 Å². The summed E-state index contributed by atoms with van der Waals surface area (Å²) in [4.78, 5) is 12.4. The molecule has 0 unspecified atom stereocenters. The maximum atomic E-state index is 12.4. The number of benzene rings is 2. The summed E-state index contributed by atoms with van der Waals surface area (Å²) in [7, 11) is -3.59. The summed E-state index contributed by atoms with van der Waals surface area (Å²) in [5.41, 5.74) is 2.63. The largest absolute Gasteiger partial charge is 0.350 e. The average Bonchev–Trinajstić information content (AvgIpc) is 2.88. The van der Waals surface area contributed by atoms with Crippen molar-refractivity contribution in [3.05, 3.63) is 41.5 Å². The van der Waals surface area contributed by atoms with E-state index in [0.29, 0.717) is 5.69 Å². The van der Waals surface area contributed by atoms with Crippen molar-refractivity contribution in [1.29, 1.82) is 0 Å². The first-order chi connectivity index (χ1) is 11.6. The number of aryl methyl sites for hydroxylation is 2. The highest BCUT2D eigenvalue weighted by molar-refractivity contribution is 7.92. The number of amides is 1. The first-order valence-electron chi connectivity index (χ1n) is 8.38. The van der Waals surface area contributed by atoms with E-state index in [0.717, 1.165) is 29.9 Å². The van der Waals surface area contributed by atoms with E-state index < -0.39 is 15.6 Å². The van der Waals surface area contributed by atoms with Crippen molar-refractivity contribution in [2.75, 3.05) is 17.1 Å². The van der Waals surface area contributed by atoms with Crippen LogP contribution < -0.4 is 9.62 Å². The molecule has 134 valence electrons. The van der Waals surface area contributed by atoms with E-state index in [-0.39, 0.29) is 12.5 Å². The van der Waals surface area contributed by atoms with Gasteiger partial charge in [-0.3, -0.25) is 9.10 Å². The second-order valence-corrected chi connectivity index (χ2v) is 9.56. The minimum Gasteiger partial charge on any atom is -0.350 e. The van der Waals surface area contributed by atoms with Crippen LogP contribution in [0.5, 0.6) is 0 Å². The Morgan fingerprint density at radius 3 is 2.36 bits per heavy atom. The van der Waals surface area contributed by atoms with Gasteiger partial charge < -0.3 is 5.32 Å². The number of hydrogen-bond donors (Lipinski definition) is 1. The van der Waals surface area contributed by atoms with Crippen LogP contribution in [0.3, 0.4) is 0 Å². The maximum Gasteiger partial charge on any atom is 0.241 e. The zero-order valence-corrected chi connectivity index (χ0v) is 15.9. The summed E-state index contributed by atoms with van der Waals surface area (Å²) in [6.07, 6.45) is 3.08. The van der Waals surface area contributed by atoms with Gasteiger partial charge in [0.05, 0.1) is 11.9 Å². The number of carbonyl (C=O) groups is 1. The van der Waals surface area contributed by atoms with Crippen molar-refractivity contribution in [2.24, 2.45) is 0 Å². The van der Waals surface area contributed by atoms with Crippen LogP contribution in [0.25, 0.3) is 10.8 Å². The monoisotopic (exact) mass is 360 g/mol. The highest BCUT2D eigenvalue weighted by Crippen LogP contribution is 2.37. The summed E-state index contributed by atoms with van der Waals surface area (Å²) in [5.74, 6) is -0.318. The fourth-order valence-corrected chi connectivity index (χ4v) is 4.29. The van der Waals surface area contributed by atoms with Gasteiger partial charge >= 0.3 is 0 Å². The molecule has 0 aromatic heterocycles. The first kappa shape index (κ1) is 17.7. The molecule has 6 heteroatoms. The van der Waals surface area contributed by atoms with Gasteiger partial charge in [0.1, 0.15) is 6.54 Å². The average molecular weight is 360 g/mol.